The van der Waals surface area contributed by atoms with Crippen LogP contribution in [0.25, 0.3) is 10.4 Å². The molecule has 0 atom stereocenters. The van der Waals surface area contributed by atoms with Gasteiger partial charge in [-0.25, -0.2) is 12.7 Å². The molecule has 1 saturated heterocycles. The Bertz CT molecular complexity index is 797. The van der Waals surface area contributed by atoms with Crippen molar-refractivity contribution in [3.63, 3.8) is 0 Å². The number of carbonyl (C=O) groups is 1. The minimum atomic E-state index is -2.59. The van der Waals surface area contributed by atoms with Gasteiger partial charge in [0.2, 0.25) is 10.9 Å². The molecule has 0 aliphatic carbocycles. The number of carbonyl (C=O) groups excluding carboxylic acids is 1. The number of thiophene rings is 1. The van der Waals surface area contributed by atoms with Gasteiger partial charge < -0.3 is 4.90 Å². The molecule has 128 valence electrons. The molecule has 0 saturated carbocycles. The van der Waals surface area contributed by atoms with E-state index in [2.05, 4.69) is 0 Å². The van der Waals surface area contributed by atoms with Gasteiger partial charge in [-0.3, -0.25) is 4.79 Å². The van der Waals surface area contributed by atoms with Gasteiger partial charge in [0, 0.05) is 31.1 Å². The van der Waals surface area contributed by atoms with E-state index in [4.69, 9.17) is 11.6 Å². The van der Waals surface area contributed by atoms with E-state index in [0.29, 0.717) is 42.5 Å². The van der Waals surface area contributed by atoms with Gasteiger partial charge in [0.15, 0.2) is 0 Å². The second-order valence-electron chi connectivity index (χ2n) is 5.50. The Hall–Kier alpha value is -1.41. The predicted octanol–water partition coefficient (Wildman–Crippen LogP) is 2.74. The van der Waals surface area contributed by atoms with Crippen molar-refractivity contribution in [2.45, 2.75) is 6.42 Å². The number of amides is 1. The maximum Gasteiger partial charge on any atom is 0.256 e. The molecule has 2 aromatic rings. The van der Waals surface area contributed by atoms with Gasteiger partial charge in [0.25, 0.3) is 5.91 Å². The summed E-state index contributed by atoms with van der Waals surface area (Å²) < 4.78 is 24.1. The molecule has 1 aromatic carbocycles. The normalized spacial score (nSPS) is 16.3. The largest absolute Gasteiger partial charge is 0.337 e. The van der Waals surface area contributed by atoms with Gasteiger partial charge in [0.05, 0.1) is 5.56 Å². The fourth-order valence-corrected chi connectivity index (χ4v) is 4.52. The second-order valence-corrected chi connectivity index (χ2v) is 8.20. The average molecular weight is 385 g/mol. The molecule has 0 N–H and O–H groups in total. The third-order valence-electron chi connectivity index (χ3n) is 3.97. The maximum atomic E-state index is 12.8. The number of hydrogen-bond acceptors (Lipinski definition) is 4. The first-order valence-corrected chi connectivity index (χ1v) is 9.92. The van der Waals surface area contributed by atoms with E-state index in [0.717, 1.165) is 10.4 Å². The zero-order valence-corrected chi connectivity index (χ0v) is 15.3. The SMILES string of the molecule is O=C(c1cc(-c2ccccc2)sc1Cl)N1CCCN([SH](=O)=O)CC1. The highest BCUT2D eigenvalue weighted by molar-refractivity contribution is 7.69. The van der Waals surface area contributed by atoms with E-state index in [9.17, 15) is 13.2 Å². The van der Waals surface area contributed by atoms with Crippen LogP contribution in [0, 0.1) is 0 Å². The molecule has 0 radical (unpaired) electrons. The molecule has 1 fully saturated rings. The Morgan fingerprint density at radius 2 is 1.83 bits per heavy atom. The zero-order chi connectivity index (χ0) is 17.1. The Kier molecular flexibility index (Phi) is 5.55. The van der Waals surface area contributed by atoms with E-state index in [-0.39, 0.29) is 5.91 Å². The van der Waals surface area contributed by atoms with E-state index in [1.54, 1.807) is 4.90 Å². The lowest BCUT2D eigenvalue weighted by Gasteiger charge is -2.19. The third kappa shape index (κ3) is 3.80. The minimum absolute atomic E-state index is 0.138. The lowest BCUT2D eigenvalue weighted by Crippen LogP contribution is -2.34. The van der Waals surface area contributed by atoms with E-state index in [1.165, 1.54) is 15.6 Å². The summed E-state index contributed by atoms with van der Waals surface area (Å²) in [6.45, 7) is 1.70. The number of hydrogen-bond donors (Lipinski definition) is 1. The van der Waals surface area contributed by atoms with Crippen LogP contribution in [0.3, 0.4) is 0 Å². The van der Waals surface area contributed by atoms with Crippen LogP contribution in [-0.2, 0) is 10.9 Å². The predicted molar refractivity (Wildman–Crippen MR) is 97.2 cm³/mol. The molecular formula is C16H17ClN2O3S2. The van der Waals surface area contributed by atoms with Crippen LogP contribution in [-0.4, -0.2) is 49.7 Å². The van der Waals surface area contributed by atoms with Crippen molar-refractivity contribution in [1.82, 2.24) is 9.21 Å². The van der Waals surface area contributed by atoms with Gasteiger partial charge in [-0.1, -0.05) is 41.9 Å². The smallest absolute Gasteiger partial charge is 0.256 e. The molecule has 0 spiro atoms. The highest BCUT2D eigenvalue weighted by atomic mass is 35.5. The van der Waals surface area contributed by atoms with Crippen molar-refractivity contribution < 1.29 is 13.2 Å². The van der Waals surface area contributed by atoms with Crippen LogP contribution >= 0.6 is 22.9 Å². The third-order valence-corrected chi connectivity index (χ3v) is 6.24. The van der Waals surface area contributed by atoms with Crippen LogP contribution < -0.4 is 0 Å². The van der Waals surface area contributed by atoms with Gasteiger partial charge in [-0.15, -0.1) is 11.3 Å². The van der Waals surface area contributed by atoms with Crippen molar-refractivity contribution in [3.8, 4) is 10.4 Å². The summed E-state index contributed by atoms with van der Waals surface area (Å²) in [5, 5.41) is 0. The van der Waals surface area contributed by atoms with E-state index in [1.807, 2.05) is 36.4 Å². The lowest BCUT2D eigenvalue weighted by atomic mass is 10.1. The fraction of sp³-hybridized carbons (Fsp3) is 0.312. The Balaban J connectivity index is 1.79. The summed E-state index contributed by atoms with van der Waals surface area (Å²) in [7, 11) is -2.59. The molecule has 8 heteroatoms. The van der Waals surface area contributed by atoms with Crippen LogP contribution in [0.2, 0.25) is 4.34 Å². The zero-order valence-electron chi connectivity index (χ0n) is 12.9. The quantitative estimate of drug-likeness (QED) is 0.828. The highest BCUT2D eigenvalue weighted by Gasteiger charge is 2.24. The summed E-state index contributed by atoms with van der Waals surface area (Å²) in [6.07, 6.45) is 0.627. The Morgan fingerprint density at radius 1 is 1.08 bits per heavy atom. The van der Waals surface area contributed by atoms with Crippen LogP contribution in [0.1, 0.15) is 16.8 Å². The number of benzene rings is 1. The lowest BCUT2D eigenvalue weighted by molar-refractivity contribution is 0.0765. The van der Waals surface area contributed by atoms with Crippen molar-refractivity contribution >= 4 is 39.7 Å². The standard InChI is InChI=1S/C16H17ClN2O3S2/c17-15-13(11-14(23-15)12-5-2-1-3-6-12)16(20)18-7-4-8-19(10-9-18)24(21)22/h1-3,5-6,11,24H,4,7-10H2. The topological polar surface area (TPSA) is 57.7 Å². The molecule has 1 aromatic heterocycles. The summed E-state index contributed by atoms with van der Waals surface area (Å²) in [6, 6.07) is 11.6. The van der Waals surface area contributed by atoms with Crippen molar-refractivity contribution in [2.24, 2.45) is 0 Å². The van der Waals surface area contributed by atoms with E-state index >= 15 is 0 Å². The Labute approximate surface area is 151 Å². The van der Waals surface area contributed by atoms with Crippen molar-refractivity contribution in [3.05, 3.63) is 46.3 Å². The van der Waals surface area contributed by atoms with Gasteiger partial charge >= 0.3 is 0 Å². The molecule has 5 nitrogen and oxygen atoms in total. The minimum Gasteiger partial charge on any atom is -0.337 e. The first-order chi connectivity index (χ1) is 11.6. The second kappa shape index (κ2) is 7.65. The number of halogens is 1. The molecule has 24 heavy (non-hydrogen) atoms. The molecule has 3 rings (SSSR count). The highest BCUT2D eigenvalue weighted by Crippen LogP contribution is 2.35. The summed E-state index contributed by atoms with van der Waals surface area (Å²) in [5.41, 5.74) is 1.51. The summed E-state index contributed by atoms with van der Waals surface area (Å²) in [4.78, 5) is 15.4. The molecule has 0 bridgehead atoms. The van der Waals surface area contributed by atoms with Crippen molar-refractivity contribution in [2.75, 3.05) is 26.2 Å². The molecule has 2 heterocycles. The van der Waals surface area contributed by atoms with Gasteiger partial charge in [0.1, 0.15) is 4.34 Å². The van der Waals surface area contributed by atoms with Crippen molar-refractivity contribution in [1.29, 1.82) is 0 Å². The average Bonchev–Trinajstić information content (AvgIpc) is 2.81. The molecule has 1 aliphatic rings. The van der Waals surface area contributed by atoms with E-state index < -0.39 is 10.9 Å². The summed E-state index contributed by atoms with van der Waals surface area (Å²) >= 11 is 7.67. The van der Waals surface area contributed by atoms with Crippen LogP contribution in [0.15, 0.2) is 36.4 Å². The van der Waals surface area contributed by atoms with Crippen LogP contribution in [0.5, 0.6) is 0 Å². The molecule has 0 unspecified atom stereocenters. The molecular weight excluding hydrogens is 368 g/mol. The maximum absolute atomic E-state index is 12.8. The molecule has 1 amide bonds. The number of nitrogens with zero attached hydrogens (tertiary/aromatic N) is 2. The first kappa shape index (κ1) is 17.4. The van der Waals surface area contributed by atoms with Crippen LogP contribution in [0.4, 0.5) is 0 Å². The number of thiol groups is 1. The molecule has 1 aliphatic heterocycles. The Morgan fingerprint density at radius 3 is 2.54 bits per heavy atom. The fourth-order valence-electron chi connectivity index (χ4n) is 2.70. The van der Waals surface area contributed by atoms with Gasteiger partial charge in [-0.05, 0) is 18.1 Å². The number of rotatable bonds is 3. The first-order valence-electron chi connectivity index (χ1n) is 7.59. The monoisotopic (exact) mass is 384 g/mol. The van der Waals surface area contributed by atoms with Gasteiger partial charge in [-0.2, -0.15) is 0 Å². The summed E-state index contributed by atoms with van der Waals surface area (Å²) in [5.74, 6) is -0.138.